The van der Waals surface area contributed by atoms with Gasteiger partial charge in [0.2, 0.25) is 0 Å². The first-order chi connectivity index (χ1) is 11.6. The Hall–Kier alpha value is -2.28. The topological polar surface area (TPSA) is 36.9 Å². The largest absolute Gasteiger partial charge is 0.457 e. The molecular formula is C20H13BrClNO. The van der Waals surface area contributed by atoms with Gasteiger partial charge in [-0.15, -0.1) is 0 Å². The molecule has 3 aromatic rings. The highest BCUT2D eigenvalue weighted by molar-refractivity contribution is 9.10. The number of halogens is 2. The average Bonchev–Trinajstić information content (AvgIpc) is 3.05. The maximum atomic E-state index is 9.41. The van der Waals surface area contributed by atoms with E-state index in [1.54, 1.807) is 6.08 Å². The van der Waals surface area contributed by atoms with Crippen molar-refractivity contribution in [1.82, 2.24) is 0 Å². The molecule has 24 heavy (non-hydrogen) atoms. The Morgan fingerprint density at radius 1 is 1.12 bits per heavy atom. The minimum absolute atomic E-state index is 0.547. The van der Waals surface area contributed by atoms with Crippen molar-refractivity contribution in [3.8, 4) is 17.4 Å². The minimum atomic E-state index is 0.547. The van der Waals surface area contributed by atoms with Crippen LogP contribution in [0.3, 0.4) is 0 Å². The monoisotopic (exact) mass is 397 g/mol. The van der Waals surface area contributed by atoms with Gasteiger partial charge >= 0.3 is 0 Å². The SMILES string of the molecule is Cc1ccc(-c2ccc(/C=C(/C#N)c3ccc(Br)cc3)o2)cc1Cl. The summed E-state index contributed by atoms with van der Waals surface area (Å²) < 4.78 is 6.82. The summed E-state index contributed by atoms with van der Waals surface area (Å²) >= 11 is 9.56. The number of hydrogen-bond acceptors (Lipinski definition) is 2. The number of allylic oxidation sites excluding steroid dienone is 1. The van der Waals surface area contributed by atoms with E-state index in [1.165, 1.54) is 0 Å². The molecule has 0 aliphatic heterocycles. The minimum Gasteiger partial charge on any atom is -0.457 e. The molecule has 0 aliphatic rings. The molecule has 0 bridgehead atoms. The van der Waals surface area contributed by atoms with Gasteiger partial charge < -0.3 is 4.42 Å². The second-order valence-electron chi connectivity index (χ2n) is 5.34. The van der Waals surface area contributed by atoms with E-state index in [2.05, 4.69) is 22.0 Å². The molecule has 3 rings (SSSR count). The van der Waals surface area contributed by atoms with Crippen molar-refractivity contribution in [3.05, 3.63) is 81.0 Å². The number of nitrogens with zero attached hydrogens (tertiary/aromatic N) is 1. The molecule has 1 aromatic heterocycles. The Labute approximate surface area is 154 Å². The van der Waals surface area contributed by atoms with Crippen LogP contribution < -0.4 is 0 Å². The van der Waals surface area contributed by atoms with Gasteiger partial charge in [-0.25, -0.2) is 0 Å². The van der Waals surface area contributed by atoms with Crippen molar-refractivity contribution in [2.45, 2.75) is 6.92 Å². The zero-order valence-corrected chi connectivity index (χ0v) is 15.2. The summed E-state index contributed by atoms with van der Waals surface area (Å²) in [5.41, 5.74) is 3.32. The second-order valence-corrected chi connectivity index (χ2v) is 6.67. The van der Waals surface area contributed by atoms with E-state index >= 15 is 0 Å². The zero-order chi connectivity index (χ0) is 17.1. The molecule has 1 heterocycles. The second kappa shape index (κ2) is 7.09. The van der Waals surface area contributed by atoms with Crippen LogP contribution in [-0.2, 0) is 0 Å². The van der Waals surface area contributed by atoms with Crippen LogP contribution in [0.15, 0.2) is 63.5 Å². The molecule has 0 N–H and O–H groups in total. The fourth-order valence-corrected chi connectivity index (χ4v) is 2.73. The molecular weight excluding hydrogens is 386 g/mol. The van der Waals surface area contributed by atoms with E-state index in [0.29, 0.717) is 16.4 Å². The third kappa shape index (κ3) is 3.62. The molecule has 4 heteroatoms. The molecule has 0 atom stereocenters. The highest BCUT2D eigenvalue weighted by Crippen LogP contribution is 2.28. The standard InChI is InChI=1S/C20H13BrClNO/c1-13-2-3-15(11-19(13)22)20-9-8-18(24-20)10-16(12-23)14-4-6-17(21)7-5-14/h2-11H,1H3/b16-10-. The molecule has 118 valence electrons. The first-order valence-corrected chi connectivity index (χ1v) is 8.48. The molecule has 0 fully saturated rings. The first-order valence-electron chi connectivity index (χ1n) is 7.31. The molecule has 0 spiro atoms. The van der Waals surface area contributed by atoms with E-state index in [9.17, 15) is 5.26 Å². The van der Waals surface area contributed by atoms with Gasteiger partial charge in [0, 0.05) is 15.1 Å². The van der Waals surface area contributed by atoms with E-state index in [4.69, 9.17) is 16.0 Å². The molecule has 2 aromatic carbocycles. The Kier molecular flexibility index (Phi) is 4.89. The molecule has 0 saturated heterocycles. The summed E-state index contributed by atoms with van der Waals surface area (Å²) in [6, 6.07) is 19.3. The summed E-state index contributed by atoms with van der Waals surface area (Å²) in [7, 11) is 0. The van der Waals surface area contributed by atoms with Gasteiger partial charge in [-0.1, -0.05) is 51.8 Å². The summed E-state index contributed by atoms with van der Waals surface area (Å²) in [5.74, 6) is 1.34. The fraction of sp³-hybridized carbons (Fsp3) is 0.0500. The van der Waals surface area contributed by atoms with Crippen molar-refractivity contribution < 1.29 is 4.42 Å². The smallest absolute Gasteiger partial charge is 0.134 e. The number of benzene rings is 2. The molecule has 0 aliphatic carbocycles. The number of furan rings is 1. The van der Waals surface area contributed by atoms with Crippen molar-refractivity contribution >= 4 is 39.2 Å². The average molecular weight is 399 g/mol. The van der Waals surface area contributed by atoms with Crippen molar-refractivity contribution in [3.63, 3.8) is 0 Å². The van der Waals surface area contributed by atoms with Crippen LogP contribution in [0.5, 0.6) is 0 Å². The van der Waals surface area contributed by atoms with E-state index < -0.39 is 0 Å². The highest BCUT2D eigenvalue weighted by atomic mass is 79.9. The third-order valence-electron chi connectivity index (χ3n) is 3.65. The maximum absolute atomic E-state index is 9.41. The molecule has 2 nitrogen and oxygen atoms in total. The van der Waals surface area contributed by atoms with Crippen LogP contribution in [0.25, 0.3) is 23.0 Å². The van der Waals surface area contributed by atoms with Crippen LogP contribution >= 0.6 is 27.5 Å². The van der Waals surface area contributed by atoms with Crippen molar-refractivity contribution in [2.75, 3.05) is 0 Å². The zero-order valence-electron chi connectivity index (χ0n) is 12.9. The van der Waals surface area contributed by atoms with Gasteiger partial charge in [-0.05, 0) is 54.5 Å². The van der Waals surface area contributed by atoms with Crippen LogP contribution in [0.2, 0.25) is 5.02 Å². The maximum Gasteiger partial charge on any atom is 0.134 e. The molecule has 0 unspecified atom stereocenters. The molecule has 0 radical (unpaired) electrons. The lowest BCUT2D eigenvalue weighted by Crippen LogP contribution is -1.81. The Bertz CT molecular complexity index is 949. The lowest BCUT2D eigenvalue weighted by molar-refractivity contribution is 0.572. The summed E-state index contributed by atoms with van der Waals surface area (Å²) in [6.45, 7) is 1.96. The van der Waals surface area contributed by atoms with Crippen LogP contribution in [0, 0.1) is 18.3 Å². The van der Waals surface area contributed by atoms with E-state index in [0.717, 1.165) is 26.9 Å². The van der Waals surface area contributed by atoms with E-state index in [1.807, 2.05) is 61.5 Å². The highest BCUT2D eigenvalue weighted by Gasteiger charge is 2.07. The van der Waals surface area contributed by atoms with Gasteiger partial charge in [0.1, 0.15) is 11.5 Å². The van der Waals surface area contributed by atoms with Crippen molar-refractivity contribution in [1.29, 1.82) is 5.26 Å². The van der Waals surface area contributed by atoms with Crippen molar-refractivity contribution in [2.24, 2.45) is 0 Å². The van der Waals surface area contributed by atoms with Crippen LogP contribution in [0.1, 0.15) is 16.9 Å². The summed E-state index contributed by atoms with van der Waals surface area (Å²) in [6.07, 6.45) is 1.74. The number of hydrogen-bond donors (Lipinski definition) is 0. The molecule has 0 saturated carbocycles. The van der Waals surface area contributed by atoms with Gasteiger partial charge in [0.15, 0.2) is 0 Å². The van der Waals surface area contributed by atoms with E-state index in [-0.39, 0.29) is 0 Å². The van der Waals surface area contributed by atoms with Gasteiger partial charge in [-0.3, -0.25) is 0 Å². The third-order valence-corrected chi connectivity index (χ3v) is 4.58. The van der Waals surface area contributed by atoms with Crippen LogP contribution in [-0.4, -0.2) is 0 Å². The van der Waals surface area contributed by atoms with Gasteiger partial charge in [0.25, 0.3) is 0 Å². The quantitative estimate of drug-likeness (QED) is 0.458. The van der Waals surface area contributed by atoms with Gasteiger partial charge in [0.05, 0.1) is 11.6 Å². The summed E-state index contributed by atoms with van der Waals surface area (Å²) in [5, 5.41) is 10.1. The predicted molar refractivity (Wildman–Crippen MR) is 102 cm³/mol. The Morgan fingerprint density at radius 2 is 1.88 bits per heavy atom. The first kappa shape index (κ1) is 16.6. The summed E-state index contributed by atoms with van der Waals surface area (Å²) in [4.78, 5) is 0. The van der Waals surface area contributed by atoms with Crippen LogP contribution in [0.4, 0.5) is 0 Å². The predicted octanol–water partition coefficient (Wildman–Crippen LogP) is 6.74. The lowest BCUT2D eigenvalue weighted by atomic mass is 10.1. The number of nitriles is 1. The number of aryl methyl sites for hydroxylation is 1. The fourth-order valence-electron chi connectivity index (χ4n) is 2.28. The normalized spacial score (nSPS) is 11.3. The number of rotatable bonds is 3. The Balaban J connectivity index is 1.93. The lowest BCUT2D eigenvalue weighted by Gasteiger charge is -2.01. The van der Waals surface area contributed by atoms with Gasteiger partial charge in [-0.2, -0.15) is 5.26 Å². The Morgan fingerprint density at radius 3 is 2.54 bits per heavy atom. The molecule has 0 amide bonds.